The Morgan fingerprint density at radius 2 is 0.406 bits per heavy atom. The van der Waals surface area contributed by atoms with Gasteiger partial charge in [-0.2, -0.15) is 0 Å². The first-order valence-electron chi connectivity index (χ1n) is 20.0. The smallest absolute Gasteiger partial charge is 0.201 e. The van der Waals surface area contributed by atoms with Gasteiger partial charge in [0, 0.05) is 23.7 Å². The number of benzene rings is 4. The van der Waals surface area contributed by atoms with Crippen molar-refractivity contribution >= 4 is 6.15 Å². The van der Waals surface area contributed by atoms with Gasteiger partial charge in [0.05, 0.1) is 22.3 Å². The molecule has 8 atom stereocenters. The standard InChI is InChI=1S/C48H24BF20/c50-29-25(21-13-5-1-6-14-21)45(66,41(62)37(58)33(29)54)49(46(67)26(22-15-7-2-8-16-22)30(51)34(55)38(59)42(46)63,47(68)27(23-17-9-3-10-18-23)31(52)35(56)39(60)43(47)64)48(69)28(24-19-11-4-12-20-24)32(53)36(57)40(61)44(48)65/h1-20,25-28H/q-1. The van der Waals surface area contributed by atoms with Crippen molar-refractivity contribution in [2.75, 3.05) is 0 Å². The van der Waals surface area contributed by atoms with Crippen molar-refractivity contribution in [2.45, 2.75) is 45.9 Å². The topological polar surface area (TPSA) is 0 Å². The normalized spacial score (nSPS) is 31.4. The highest BCUT2D eigenvalue weighted by Gasteiger charge is 2.90. The predicted octanol–water partition coefficient (Wildman–Crippen LogP) is 16.8. The van der Waals surface area contributed by atoms with Crippen molar-refractivity contribution in [1.29, 1.82) is 0 Å². The molecule has 4 aliphatic rings. The molecule has 4 aliphatic carbocycles. The lowest BCUT2D eigenvalue weighted by Gasteiger charge is -2.72. The Morgan fingerprint density at radius 1 is 0.246 bits per heavy atom. The van der Waals surface area contributed by atoms with Crippen LogP contribution in [0.5, 0.6) is 0 Å². The minimum atomic E-state index is -8.80. The Labute approximate surface area is 376 Å². The van der Waals surface area contributed by atoms with E-state index in [1.165, 1.54) is 0 Å². The van der Waals surface area contributed by atoms with Crippen LogP contribution >= 0.6 is 0 Å². The van der Waals surface area contributed by atoms with Crippen LogP contribution in [-0.2, 0) is 0 Å². The van der Waals surface area contributed by atoms with Crippen molar-refractivity contribution < 1.29 is 87.8 Å². The highest BCUT2D eigenvalue weighted by Crippen LogP contribution is 2.77. The lowest BCUT2D eigenvalue weighted by atomic mass is 8.96. The van der Waals surface area contributed by atoms with Crippen LogP contribution in [0.3, 0.4) is 0 Å². The van der Waals surface area contributed by atoms with Crippen LogP contribution in [-0.4, -0.2) is 28.4 Å². The summed E-state index contributed by atoms with van der Waals surface area (Å²) in [4.78, 5) is 0. The van der Waals surface area contributed by atoms with E-state index in [2.05, 4.69) is 0 Å². The maximum Gasteiger partial charge on any atom is 0.201 e. The molecular weight excluding hydrogens is 967 g/mol. The molecule has 69 heavy (non-hydrogen) atoms. The molecular formula is C48H24BF20-. The van der Waals surface area contributed by atoms with Gasteiger partial charge >= 0.3 is 0 Å². The van der Waals surface area contributed by atoms with E-state index in [-0.39, 0.29) is 48.5 Å². The van der Waals surface area contributed by atoms with Crippen LogP contribution in [0.1, 0.15) is 45.9 Å². The Morgan fingerprint density at radius 3 is 0.565 bits per heavy atom. The van der Waals surface area contributed by atoms with Gasteiger partial charge in [-0.3, -0.25) is 17.6 Å². The molecule has 8 rings (SSSR count). The summed E-state index contributed by atoms with van der Waals surface area (Å²) < 4.78 is 352. The van der Waals surface area contributed by atoms with Gasteiger partial charge in [0.25, 0.3) is 0 Å². The van der Waals surface area contributed by atoms with E-state index in [1.54, 1.807) is 0 Å². The first-order valence-corrected chi connectivity index (χ1v) is 20.0. The fourth-order valence-electron chi connectivity index (χ4n) is 11.0. The van der Waals surface area contributed by atoms with Crippen LogP contribution < -0.4 is 0 Å². The number of halogens is 20. The van der Waals surface area contributed by atoms with Crippen molar-refractivity contribution in [3.05, 3.63) is 237 Å². The largest absolute Gasteiger partial charge is 0.278 e. The third-order valence-electron chi connectivity index (χ3n) is 13.5. The molecule has 0 spiro atoms. The molecule has 21 heteroatoms. The molecule has 0 saturated carbocycles. The molecule has 0 aliphatic heterocycles. The Kier molecular flexibility index (Phi) is 11.9. The molecule has 0 bridgehead atoms. The summed E-state index contributed by atoms with van der Waals surface area (Å²) in [5, 5.41) is 0. The molecule has 0 radical (unpaired) electrons. The zero-order chi connectivity index (χ0) is 50.5. The molecule has 0 fully saturated rings. The van der Waals surface area contributed by atoms with Crippen LogP contribution in [0, 0.1) is 0 Å². The minimum Gasteiger partial charge on any atom is -0.278 e. The Hall–Kier alpha value is -6.54. The number of hydrogen-bond donors (Lipinski definition) is 0. The van der Waals surface area contributed by atoms with Crippen molar-refractivity contribution in [1.82, 2.24) is 0 Å². The zero-order valence-electron chi connectivity index (χ0n) is 34.0. The summed E-state index contributed by atoms with van der Waals surface area (Å²) in [6, 6.07) is 10.8. The lowest BCUT2D eigenvalue weighted by Crippen LogP contribution is -2.92. The second-order valence-corrected chi connectivity index (χ2v) is 16.5. The van der Waals surface area contributed by atoms with E-state index in [1.807, 2.05) is 0 Å². The lowest BCUT2D eigenvalue weighted by molar-refractivity contribution is 0.0542. The van der Waals surface area contributed by atoms with Gasteiger partial charge < -0.3 is 0 Å². The quantitative estimate of drug-likeness (QED) is 0.122. The number of rotatable bonds is 8. The molecule has 0 amide bonds. The monoisotopic (exact) mass is 991 g/mol. The first-order chi connectivity index (χ1) is 32.5. The van der Waals surface area contributed by atoms with Crippen molar-refractivity contribution in [3.63, 3.8) is 0 Å². The summed E-state index contributed by atoms with van der Waals surface area (Å²) in [5.41, 5.74) is -33.9. The van der Waals surface area contributed by atoms with Gasteiger partial charge in [0.2, 0.25) is 6.15 Å². The second kappa shape index (κ2) is 16.9. The third-order valence-corrected chi connectivity index (χ3v) is 13.5. The van der Waals surface area contributed by atoms with Gasteiger partial charge in [-0.15, -0.1) is 0 Å². The fraction of sp³-hybridized carbons (Fsp3) is 0.167. The second-order valence-electron chi connectivity index (χ2n) is 16.5. The van der Waals surface area contributed by atoms with Gasteiger partial charge in [0.15, 0.2) is 46.6 Å². The van der Waals surface area contributed by atoms with Crippen LogP contribution in [0.2, 0.25) is 0 Å². The molecule has 0 N–H and O–H groups in total. The average molecular weight is 991 g/mol. The van der Waals surface area contributed by atoms with Gasteiger partial charge in [-0.25, -0.2) is 70.2 Å². The van der Waals surface area contributed by atoms with Gasteiger partial charge in [-0.05, 0) is 22.3 Å². The number of hydrogen-bond acceptors (Lipinski definition) is 0. The molecule has 360 valence electrons. The van der Waals surface area contributed by atoms with Gasteiger partial charge in [-0.1, -0.05) is 121 Å². The van der Waals surface area contributed by atoms with E-state index in [9.17, 15) is 0 Å². The maximum atomic E-state index is 20.6. The van der Waals surface area contributed by atoms with Crippen LogP contribution in [0.4, 0.5) is 87.8 Å². The molecule has 0 nitrogen and oxygen atoms in total. The summed E-state index contributed by atoms with van der Waals surface area (Å²) in [6.45, 7) is 0. The summed E-state index contributed by atoms with van der Waals surface area (Å²) >= 11 is 0. The first kappa shape index (κ1) is 48.9. The van der Waals surface area contributed by atoms with Crippen LogP contribution in [0.15, 0.2) is 215 Å². The van der Waals surface area contributed by atoms with E-state index < -0.39 is 168 Å². The summed E-state index contributed by atoms with van der Waals surface area (Å²) in [6.07, 6.45) is -8.80. The maximum absolute atomic E-state index is 20.6. The zero-order valence-corrected chi connectivity index (χ0v) is 34.0. The van der Waals surface area contributed by atoms with Gasteiger partial charge in [0.1, 0.15) is 46.6 Å². The van der Waals surface area contributed by atoms with Crippen molar-refractivity contribution in [2.24, 2.45) is 0 Å². The highest BCUT2D eigenvalue weighted by atomic mass is 19.2. The minimum absolute atomic E-state index is 0.275. The fourth-order valence-corrected chi connectivity index (χ4v) is 11.0. The van der Waals surface area contributed by atoms with E-state index in [4.69, 9.17) is 0 Å². The third kappa shape index (κ3) is 6.05. The molecule has 0 heterocycles. The number of alkyl halides is 4. The molecule has 0 aromatic heterocycles. The Bertz CT molecular complexity index is 2620. The predicted molar refractivity (Wildman–Crippen MR) is 212 cm³/mol. The Balaban J connectivity index is 1.84. The van der Waals surface area contributed by atoms with E-state index in [0.29, 0.717) is 48.5 Å². The SMILES string of the molecule is FC1=C(F)C(c2ccccc2)C(F)([B-](C2(F)C(F)=C(F)C(F)=C(F)C2c2ccccc2)(C2(F)C(F)=C(F)C(F)=C(F)C2c2ccccc2)C2(F)C(F)=C(F)C(F)=C(F)C2c2ccccc2)C(F)=C1F. The molecule has 4 aromatic rings. The molecule has 4 aromatic carbocycles. The molecule has 0 saturated heterocycles. The average Bonchev–Trinajstić information content (AvgIpc) is 3.35. The highest BCUT2D eigenvalue weighted by molar-refractivity contribution is 6.93. The molecule has 8 unspecified atom stereocenters. The number of allylic oxidation sites excluding steroid dienone is 16. The van der Waals surface area contributed by atoms with E-state index in [0.717, 1.165) is 24.3 Å². The van der Waals surface area contributed by atoms with Crippen LogP contribution in [0.25, 0.3) is 0 Å². The summed E-state index contributed by atoms with van der Waals surface area (Å²) in [5.74, 6) is -75.9. The van der Waals surface area contributed by atoms with E-state index >= 15 is 87.8 Å². The van der Waals surface area contributed by atoms with Crippen molar-refractivity contribution in [3.8, 4) is 0 Å². The summed E-state index contributed by atoms with van der Waals surface area (Å²) in [7, 11) is 0.